The van der Waals surface area contributed by atoms with Crippen LogP contribution >= 0.6 is 0 Å². The highest BCUT2D eigenvalue weighted by atomic mass is 16.5. The Kier molecular flexibility index (Phi) is 6.86. The predicted octanol–water partition coefficient (Wildman–Crippen LogP) is 4.89. The number of anilines is 1. The van der Waals surface area contributed by atoms with Gasteiger partial charge in [0.2, 0.25) is 0 Å². The van der Waals surface area contributed by atoms with E-state index in [2.05, 4.69) is 10.6 Å². The van der Waals surface area contributed by atoms with E-state index in [4.69, 9.17) is 4.74 Å². The maximum atomic E-state index is 12.6. The zero-order valence-electron chi connectivity index (χ0n) is 17.4. The minimum atomic E-state index is -0.678. The number of hydrogen-bond acceptors (Lipinski definition) is 3. The van der Waals surface area contributed by atoms with E-state index < -0.39 is 6.10 Å². The maximum Gasteiger partial charge on any atom is 0.265 e. The van der Waals surface area contributed by atoms with Crippen molar-refractivity contribution in [3.63, 3.8) is 0 Å². The number of carbonyl (C=O) groups is 2. The van der Waals surface area contributed by atoms with E-state index in [0.717, 1.165) is 11.1 Å². The van der Waals surface area contributed by atoms with Gasteiger partial charge in [-0.1, -0.05) is 48.5 Å². The molecule has 0 aliphatic carbocycles. The molecule has 0 saturated heterocycles. The summed E-state index contributed by atoms with van der Waals surface area (Å²) < 4.78 is 5.72. The van der Waals surface area contributed by atoms with Crippen LogP contribution in [0.5, 0.6) is 5.75 Å². The molecule has 0 bridgehead atoms. The first kappa shape index (κ1) is 21.1. The summed E-state index contributed by atoms with van der Waals surface area (Å²) in [6, 6.07) is 24.0. The summed E-state index contributed by atoms with van der Waals surface area (Å²) in [5.74, 6) is 0.152. The van der Waals surface area contributed by atoms with Crippen LogP contribution in [0.3, 0.4) is 0 Å². The molecule has 2 amide bonds. The summed E-state index contributed by atoms with van der Waals surface area (Å²) in [6.07, 6.45) is -0.678. The average molecular weight is 402 g/mol. The highest BCUT2D eigenvalue weighted by Crippen LogP contribution is 2.17. The first-order valence-corrected chi connectivity index (χ1v) is 9.92. The fourth-order valence-electron chi connectivity index (χ4n) is 3.03. The van der Waals surface area contributed by atoms with Gasteiger partial charge in [0.05, 0.1) is 6.04 Å². The maximum absolute atomic E-state index is 12.6. The third kappa shape index (κ3) is 5.70. The van der Waals surface area contributed by atoms with Crippen molar-refractivity contribution in [2.45, 2.75) is 32.9 Å². The molecule has 0 radical (unpaired) electrons. The lowest BCUT2D eigenvalue weighted by atomic mass is 10.1. The fraction of sp³-hybridized carbons (Fsp3) is 0.200. The molecule has 0 spiro atoms. The van der Waals surface area contributed by atoms with Gasteiger partial charge in [-0.05, 0) is 62.2 Å². The van der Waals surface area contributed by atoms with Crippen LogP contribution in [0, 0.1) is 6.92 Å². The molecule has 0 heterocycles. The second-order valence-electron chi connectivity index (χ2n) is 7.25. The number of ether oxygens (including phenoxy) is 1. The summed E-state index contributed by atoms with van der Waals surface area (Å²) in [5, 5.41) is 5.79. The summed E-state index contributed by atoms with van der Waals surface area (Å²) in [5.41, 5.74) is 3.10. The molecule has 154 valence electrons. The highest BCUT2D eigenvalue weighted by molar-refractivity contribution is 5.98. The molecule has 3 aromatic rings. The highest BCUT2D eigenvalue weighted by Gasteiger charge is 2.16. The van der Waals surface area contributed by atoms with Crippen LogP contribution in [0.2, 0.25) is 0 Å². The Morgan fingerprint density at radius 2 is 1.60 bits per heavy atom. The minimum absolute atomic E-state index is 0.125. The Balaban J connectivity index is 1.61. The predicted molar refractivity (Wildman–Crippen MR) is 119 cm³/mol. The number of rotatable bonds is 7. The van der Waals surface area contributed by atoms with Gasteiger partial charge in [-0.15, -0.1) is 0 Å². The normalized spacial score (nSPS) is 12.5. The van der Waals surface area contributed by atoms with Gasteiger partial charge >= 0.3 is 0 Å². The Morgan fingerprint density at radius 1 is 0.867 bits per heavy atom. The number of hydrogen-bond donors (Lipinski definition) is 2. The molecular weight excluding hydrogens is 376 g/mol. The molecule has 5 heteroatoms. The summed E-state index contributed by atoms with van der Waals surface area (Å²) in [4.78, 5) is 25.1. The van der Waals surface area contributed by atoms with Gasteiger partial charge in [-0.25, -0.2) is 0 Å². The van der Waals surface area contributed by atoms with Gasteiger partial charge in [-0.3, -0.25) is 9.59 Å². The Morgan fingerprint density at radius 3 is 2.33 bits per heavy atom. The van der Waals surface area contributed by atoms with E-state index >= 15 is 0 Å². The van der Waals surface area contributed by atoms with Crippen LogP contribution in [0.15, 0.2) is 78.9 Å². The van der Waals surface area contributed by atoms with Crippen molar-refractivity contribution in [1.82, 2.24) is 5.32 Å². The summed E-state index contributed by atoms with van der Waals surface area (Å²) in [6.45, 7) is 5.59. The molecule has 0 aliphatic heterocycles. The third-order valence-electron chi connectivity index (χ3n) is 4.71. The first-order valence-electron chi connectivity index (χ1n) is 9.92. The Bertz CT molecular complexity index is 1020. The van der Waals surface area contributed by atoms with Crippen LogP contribution in [-0.2, 0) is 4.79 Å². The van der Waals surface area contributed by atoms with Crippen molar-refractivity contribution in [1.29, 1.82) is 0 Å². The standard InChI is InChI=1S/C25H26N2O3/c1-17-9-7-14-23(15-17)30-19(3)24(28)27-22-13-8-12-21(16-22)25(29)26-18(2)20-10-5-4-6-11-20/h4-16,18-19H,1-3H3,(H,26,29)(H,27,28). The zero-order chi connectivity index (χ0) is 21.5. The zero-order valence-corrected chi connectivity index (χ0v) is 17.4. The van der Waals surface area contributed by atoms with Crippen LogP contribution in [-0.4, -0.2) is 17.9 Å². The van der Waals surface area contributed by atoms with Gasteiger partial charge in [-0.2, -0.15) is 0 Å². The number of carbonyl (C=O) groups excluding carboxylic acids is 2. The average Bonchev–Trinajstić information content (AvgIpc) is 2.74. The van der Waals surface area contributed by atoms with Crippen molar-refractivity contribution in [2.75, 3.05) is 5.32 Å². The number of aryl methyl sites for hydroxylation is 1. The lowest BCUT2D eigenvalue weighted by Gasteiger charge is -2.16. The quantitative estimate of drug-likeness (QED) is 0.591. The van der Waals surface area contributed by atoms with Crippen LogP contribution in [0.4, 0.5) is 5.69 Å². The van der Waals surface area contributed by atoms with Crippen molar-refractivity contribution in [3.05, 3.63) is 95.6 Å². The monoisotopic (exact) mass is 402 g/mol. The van der Waals surface area contributed by atoms with Crippen molar-refractivity contribution >= 4 is 17.5 Å². The molecule has 2 N–H and O–H groups in total. The van der Waals surface area contributed by atoms with Crippen LogP contribution in [0.1, 0.15) is 41.4 Å². The van der Waals surface area contributed by atoms with E-state index in [1.807, 2.05) is 68.4 Å². The molecular formula is C25H26N2O3. The van der Waals surface area contributed by atoms with Crippen molar-refractivity contribution in [3.8, 4) is 5.75 Å². The molecule has 3 rings (SSSR count). The topological polar surface area (TPSA) is 67.4 Å². The van der Waals surface area contributed by atoms with E-state index in [9.17, 15) is 9.59 Å². The Hall–Kier alpha value is -3.60. The van der Waals surface area contributed by atoms with Gasteiger partial charge in [0, 0.05) is 11.3 Å². The number of amides is 2. The van der Waals surface area contributed by atoms with Crippen LogP contribution in [0.25, 0.3) is 0 Å². The number of benzene rings is 3. The fourth-order valence-corrected chi connectivity index (χ4v) is 3.03. The lowest BCUT2D eigenvalue weighted by Crippen LogP contribution is -2.30. The molecule has 0 saturated carbocycles. The molecule has 0 fully saturated rings. The Labute approximate surface area is 177 Å². The molecule has 5 nitrogen and oxygen atoms in total. The second-order valence-corrected chi connectivity index (χ2v) is 7.25. The van der Waals surface area contributed by atoms with Gasteiger partial charge in [0.15, 0.2) is 6.10 Å². The number of nitrogens with one attached hydrogen (secondary N) is 2. The van der Waals surface area contributed by atoms with Gasteiger partial charge in [0.25, 0.3) is 11.8 Å². The van der Waals surface area contributed by atoms with E-state index in [-0.39, 0.29) is 17.9 Å². The van der Waals surface area contributed by atoms with Gasteiger partial charge in [0.1, 0.15) is 5.75 Å². The first-order chi connectivity index (χ1) is 14.4. The largest absolute Gasteiger partial charge is 0.481 e. The van der Waals surface area contributed by atoms with Gasteiger partial charge < -0.3 is 15.4 Å². The van der Waals surface area contributed by atoms with Crippen molar-refractivity contribution < 1.29 is 14.3 Å². The smallest absolute Gasteiger partial charge is 0.265 e. The van der Waals surface area contributed by atoms with E-state index in [0.29, 0.717) is 17.0 Å². The summed E-state index contributed by atoms with van der Waals surface area (Å²) >= 11 is 0. The molecule has 0 aliphatic rings. The van der Waals surface area contributed by atoms with Crippen LogP contribution < -0.4 is 15.4 Å². The summed E-state index contributed by atoms with van der Waals surface area (Å²) in [7, 11) is 0. The lowest BCUT2D eigenvalue weighted by molar-refractivity contribution is -0.122. The molecule has 0 aromatic heterocycles. The van der Waals surface area contributed by atoms with E-state index in [1.54, 1.807) is 31.2 Å². The van der Waals surface area contributed by atoms with E-state index in [1.165, 1.54) is 0 Å². The molecule has 2 unspecified atom stereocenters. The molecule has 3 aromatic carbocycles. The SMILES string of the molecule is Cc1cccc(OC(C)C(=O)Nc2cccc(C(=O)NC(C)c3ccccc3)c2)c1. The molecule has 2 atom stereocenters. The minimum Gasteiger partial charge on any atom is -0.481 e. The molecule has 30 heavy (non-hydrogen) atoms. The van der Waals surface area contributed by atoms with Crippen molar-refractivity contribution in [2.24, 2.45) is 0 Å². The second kappa shape index (κ2) is 9.74. The third-order valence-corrected chi connectivity index (χ3v) is 4.71.